The van der Waals surface area contributed by atoms with Crippen LogP contribution in [0.2, 0.25) is 0 Å². The Labute approximate surface area is 208 Å². The van der Waals surface area contributed by atoms with Crippen molar-refractivity contribution >= 4 is 17.3 Å². The van der Waals surface area contributed by atoms with E-state index in [-0.39, 0.29) is 17.8 Å². The zero-order valence-corrected chi connectivity index (χ0v) is 21.1. The first-order chi connectivity index (χ1) is 16.8. The van der Waals surface area contributed by atoms with Gasteiger partial charge in [-0.1, -0.05) is 18.2 Å². The topological polar surface area (TPSA) is 38.8 Å². The Morgan fingerprint density at radius 1 is 0.914 bits per heavy atom. The van der Waals surface area contributed by atoms with E-state index in [0.717, 1.165) is 43.1 Å². The number of carbonyl (C=O) groups excluding carboxylic acids is 1. The van der Waals surface area contributed by atoms with Gasteiger partial charge in [-0.25, -0.2) is 4.39 Å². The molecule has 1 amide bonds. The number of anilines is 2. The number of amides is 1. The van der Waals surface area contributed by atoms with Gasteiger partial charge in [-0.05, 0) is 79.1 Å². The number of hydrogen-bond donors (Lipinski definition) is 1. The fraction of sp³-hybridized carbons (Fsp3) is 0.345. The number of carbonyl (C=O) groups is 1. The summed E-state index contributed by atoms with van der Waals surface area (Å²) in [5.74, 6) is -0.263. The Balaban J connectivity index is 1.48. The normalized spacial score (nSPS) is 15.1. The Morgan fingerprint density at radius 2 is 1.57 bits per heavy atom. The minimum Gasteiger partial charge on any atom is -0.378 e. The smallest absolute Gasteiger partial charge is 0.251 e. The van der Waals surface area contributed by atoms with Crippen LogP contribution in [-0.2, 0) is 0 Å². The maximum atomic E-state index is 13.3. The fourth-order valence-electron chi connectivity index (χ4n) is 4.57. The number of rotatable bonds is 7. The molecule has 4 rings (SSSR count). The molecule has 0 aliphatic carbocycles. The molecule has 1 saturated heterocycles. The van der Waals surface area contributed by atoms with Crippen LogP contribution in [0.4, 0.5) is 15.8 Å². The van der Waals surface area contributed by atoms with E-state index in [2.05, 4.69) is 51.2 Å². The zero-order valence-electron chi connectivity index (χ0n) is 21.1. The molecule has 0 spiro atoms. The van der Waals surface area contributed by atoms with E-state index >= 15 is 0 Å². The molecule has 1 aliphatic heterocycles. The molecule has 35 heavy (non-hydrogen) atoms. The first kappa shape index (κ1) is 24.7. The highest BCUT2D eigenvalue weighted by molar-refractivity contribution is 5.94. The van der Waals surface area contributed by atoms with Gasteiger partial charge in [0.25, 0.3) is 5.91 Å². The second-order valence-electron chi connectivity index (χ2n) is 9.51. The third-order valence-corrected chi connectivity index (χ3v) is 6.97. The monoisotopic (exact) mass is 474 g/mol. The molecule has 1 atom stereocenters. The molecule has 3 aromatic rings. The molecule has 1 aliphatic rings. The SMILES string of the molecule is Cc1ccc(C(=O)NC[C@H](c2ccc(N(C)C)cc2)N2CCN(c3ccc(F)cc3)CC2)cc1C. The van der Waals surface area contributed by atoms with Gasteiger partial charge in [-0.15, -0.1) is 0 Å². The summed E-state index contributed by atoms with van der Waals surface area (Å²) in [5.41, 5.74) is 6.36. The second-order valence-corrected chi connectivity index (χ2v) is 9.51. The molecule has 0 aromatic heterocycles. The summed E-state index contributed by atoms with van der Waals surface area (Å²) in [6.07, 6.45) is 0. The highest BCUT2D eigenvalue weighted by atomic mass is 19.1. The zero-order chi connectivity index (χ0) is 24.9. The van der Waals surface area contributed by atoms with Crippen LogP contribution in [0.1, 0.15) is 33.1 Å². The summed E-state index contributed by atoms with van der Waals surface area (Å²) in [4.78, 5) is 19.8. The first-order valence-electron chi connectivity index (χ1n) is 12.2. The molecule has 6 heteroatoms. The molecule has 1 heterocycles. The second kappa shape index (κ2) is 10.9. The van der Waals surface area contributed by atoms with Crippen LogP contribution in [0.3, 0.4) is 0 Å². The molecule has 1 N–H and O–H groups in total. The van der Waals surface area contributed by atoms with Crippen molar-refractivity contribution in [2.75, 3.05) is 56.6 Å². The van der Waals surface area contributed by atoms with Gasteiger partial charge in [0, 0.05) is 63.8 Å². The third kappa shape index (κ3) is 6.01. The van der Waals surface area contributed by atoms with Crippen molar-refractivity contribution in [2.45, 2.75) is 19.9 Å². The molecule has 5 nitrogen and oxygen atoms in total. The average Bonchev–Trinajstić information content (AvgIpc) is 2.87. The maximum absolute atomic E-state index is 13.3. The Kier molecular flexibility index (Phi) is 7.71. The molecule has 0 saturated carbocycles. The lowest BCUT2D eigenvalue weighted by Gasteiger charge is -2.40. The van der Waals surface area contributed by atoms with E-state index in [4.69, 9.17) is 0 Å². The fourth-order valence-corrected chi connectivity index (χ4v) is 4.57. The minimum absolute atomic E-state index is 0.0482. The lowest BCUT2D eigenvalue weighted by molar-refractivity contribution is 0.0930. The van der Waals surface area contributed by atoms with Crippen LogP contribution in [0.5, 0.6) is 0 Å². The third-order valence-electron chi connectivity index (χ3n) is 6.97. The molecule has 184 valence electrons. The summed E-state index contributed by atoms with van der Waals surface area (Å²) in [6, 6.07) is 21.2. The van der Waals surface area contributed by atoms with Crippen molar-refractivity contribution in [3.63, 3.8) is 0 Å². The summed E-state index contributed by atoms with van der Waals surface area (Å²) >= 11 is 0. The van der Waals surface area contributed by atoms with E-state index in [1.807, 2.05) is 51.4 Å². The quantitative estimate of drug-likeness (QED) is 0.534. The van der Waals surface area contributed by atoms with Gasteiger partial charge < -0.3 is 15.1 Å². The molecule has 0 radical (unpaired) electrons. The van der Waals surface area contributed by atoms with Crippen LogP contribution in [-0.4, -0.2) is 57.6 Å². The van der Waals surface area contributed by atoms with Gasteiger partial charge in [-0.3, -0.25) is 9.69 Å². The van der Waals surface area contributed by atoms with Gasteiger partial charge in [0.05, 0.1) is 6.04 Å². The van der Waals surface area contributed by atoms with Gasteiger partial charge in [-0.2, -0.15) is 0 Å². The van der Waals surface area contributed by atoms with Crippen LogP contribution >= 0.6 is 0 Å². The number of piperazine rings is 1. The van der Waals surface area contributed by atoms with Gasteiger partial charge in [0.1, 0.15) is 5.82 Å². The highest BCUT2D eigenvalue weighted by Gasteiger charge is 2.26. The Bertz CT molecular complexity index is 1140. The first-order valence-corrected chi connectivity index (χ1v) is 12.2. The van der Waals surface area contributed by atoms with Crippen molar-refractivity contribution in [1.29, 1.82) is 0 Å². The Hall–Kier alpha value is -3.38. The van der Waals surface area contributed by atoms with Crippen LogP contribution in [0.25, 0.3) is 0 Å². The number of halogens is 1. The molecule has 1 fully saturated rings. The minimum atomic E-state index is -0.215. The van der Waals surface area contributed by atoms with Gasteiger partial charge >= 0.3 is 0 Å². The van der Waals surface area contributed by atoms with Gasteiger partial charge in [0.2, 0.25) is 0 Å². The molecule has 0 bridgehead atoms. The number of hydrogen-bond acceptors (Lipinski definition) is 4. The summed E-state index contributed by atoms with van der Waals surface area (Å²) in [6.45, 7) is 8.03. The number of aryl methyl sites for hydroxylation is 2. The average molecular weight is 475 g/mol. The molecule has 0 unspecified atom stereocenters. The van der Waals surface area contributed by atoms with Crippen molar-refractivity contribution in [1.82, 2.24) is 10.2 Å². The molecule has 3 aromatic carbocycles. The molecular weight excluding hydrogens is 439 g/mol. The van der Waals surface area contributed by atoms with E-state index in [0.29, 0.717) is 12.1 Å². The van der Waals surface area contributed by atoms with Crippen LogP contribution < -0.4 is 15.1 Å². The van der Waals surface area contributed by atoms with Crippen molar-refractivity contribution in [3.8, 4) is 0 Å². The number of nitrogens with one attached hydrogen (secondary N) is 1. The summed E-state index contributed by atoms with van der Waals surface area (Å²) < 4.78 is 13.3. The standard InChI is InChI=1S/C29H35FN4O/c1-21-5-6-24(19-22(21)2)29(35)31-20-28(23-7-11-26(12-8-23)32(3)4)34-17-15-33(16-18-34)27-13-9-25(30)10-14-27/h5-14,19,28H,15-18,20H2,1-4H3,(H,31,35)/t28-/m1/s1. The van der Waals surface area contributed by atoms with E-state index in [1.54, 1.807) is 0 Å². The number of benzene rings is 3. The highest BCUT2D eigenvalue weighted by Crippen LogP contribution is 2.26. The van der Waals surface area contributed by atoms with Crippen molar-refractivity contribution in [2.24, 2.45) is 0 Å². The lowest BCUT2D eigenvalue weighted by atomic mass is 10.0. The summed E-state index contributed by atoms with van der Waals surface area (Å²) in [5, 5.41) is 3.18. The predicted octanol–water partition coefficient (Wildman–Crippen LogP) is 4.80. The van der Waals surface area contributed by atoms with Crippen LogP contribution in [0, 0.1) is 19.7 Å². The lowest BCUT2D eigenvalue weighted by Crippen LogP contribution is -2.50. The number of nitrogens with zero attached hydrogens (tertiary/aromatic N) is 3. The van der Waals surface area contributed by atoms with E-state index in [1.165, 1.54) is 23.3 Å². The maximum Gasteiger partial charge on any atom is 0.251 e. The van der Waals surface area contributed by atoms with Gasteiger partial charge in [0.15, 0.2) is 0 Å². The largest absolute Gasteiger partial charge is 0.378 e. The Morgan fingerprint density at radius 3 is 2.17 bits per heavy atom. The van der Waals surface area contributed by atoms with E-state index < -0.39 is 0 Å². The van der Waals surface area contributed by atoms with Crippen molar-refractivity contribution in [3.05, 3.63) is 94.8 Å². The van der Waals surface area contributed by atoms with E-state index in [9.17, 15) is 9.18 Å². The summed E-state index contributed by atoms with van der Waals surface area (Å²) in [7, 11) is 4.07. The molecular formula is C29H35FN4O. The van der Waals surface area contributed by atoms with Crippen molar-refractivity contribution < 1.29 is 9.18 Å². The predicted molar refractivity (Wildman–Crippen MR) is 142 cm³/mol. The van der Waals surface area contributed by atoms with Crippen LogP contribution in [0.15, 0.2) is 66.7 Å².